The van der Waals surface area contributed by atoms with E-state index in [1.807, 2.05) is 6.92 Å². The van der Waals surface area contributed by atoms with Crippen LogP contribution in [-0.2, 0) is 0 Å². The van der Waals surface area contributed by atoms with Gasteiger partial charge in [0.2, 0.25) is 5.95 Å². The summed E-state index contributed by atoms with van der Waals surface area (Å²) < 4.78 is 0. The summed E-state index contributed by atoms with van der Waals surface area (Å²) in [5.41, 5.74) is 1.25. The fourth-order valence-electron chi connectivity index (χ4n) is 2.44. The average Bonchev–Trinajstić information content (AvgIpc) is 3.00. The number of nitrogens with zero attached hydrogens (tertiary/aromatic N) is 4. The number of carbonyl (C=O) groups is 1. The van der Waals surface area contributed by atoms with E-state index < -0.39 is 0 Å². The molecule has 2 rings (SSSR count). The van der Waals surface area contributed by atoms with Gasteiger partial charge in [0.25, 0.3) is 5.91 Å². The first-order chi connectivity index (χ1) is 10.2. The van der Waals surface area contributed by atoms with Gasteiger partial charge in [-0.2, -0.15) is 0 Å². The number of hydrogen-bond donors (Lipinski definition) is 0. The van der Waals surface area contributed by atoms with Crippen LogP contribution in [0.2, 0.25) is 0 Å². The fraction of sp³-hybridized carbons (Fsp3) is 0.438. The molecule has 1 aliphatic rings. The van der Waals surface area contributed by atoms with Gasteiger partial charge in [0, 0.05) is 31.9 Å². The second kappa shape index (κ2) is 7.02. The molecule has 21 heavy (non-hydrogen) atoms. The van der Waals surface area contributed by atoms with Crippen LogP contribution in [0, 0.1) is 6.92 Å². The molecule has 0 N–H and O–H groups in total. The maximum atomic E-state index is 12.6. The lowest BCUT2D eigenvalue weighted by Gasteiger charge is -2.21. The van der Waals surface area contributed by atoms with Crippen molar-refractivity contribution in [3.05, 3.63) is 42.8 Å². The molecule has 2 heterocycles. The molecule has 0 aromatic carbocycles. The molecule has 0 bridgehead atoms. The van der Waals surface area contributed by atoms with Crippen molar-refractivity contribution in [1.29, 1.82) is 0 Å². The van der Waals surface area contributed by atoms with Gasteiger partial charge in [0.15, 0.2) is 0 Å². The molecule has 0 radical (unpaired) electrons. The van der Waals surface area contributed by atoms with Gasteiger partial charge in [0.05, 0.1) is 0 Å². The van der Waals surface area contributed by atoms with Gasteiger partial charge in [-0.3, -0.25) is 4.79 Å². The number of hydrogen-bond acceptors (Lipinski definition) is 4. The topological polar surface area (TPSA) is 49.3 Å². The standard InChI is InChI=1S/C16H22N4O/c1-4-8-19(9-5-2)15(21)14-12-13(3)17-16(18-14)20-10-6-7-11-20/h4-5,12H,1-2,6-11H2,3H3. The van der Waals surface area contributed by atoms with E-state index in [1.54, 1.807) is 23.1 Å². The molecule has 0 unspecified atom stereocenters. The van der Waals surface area contributed by atoms with E-state index in [0.717, 1.165) is 31.6 Å². The molecule has 0 aliphatic carbocycles. The van der Waals surface area contributed by atoms with Crippen molar-refractivity contribution < 1.29 is 4.79 Å². The van der Waals surface area contributed by atoms with Crippen LogP contribution in [0.3, 0.4) is 0 Å². The molecule has 1 aromatic heterocycles. The normalized spacial score (nSPS) is 14.0. The summed E-state index contributed by atoms with van der Waals surface area (Å²) in [7, 11) is 0. The maximum Gasteiger partial charge on any atom is 0.273 e. The minimum atomic E-state index is -0.110. The van der Waals surface area contributed by atoms with Crippen LogP contribution in [0.5, 0.6) is 0 Å². The first-order valence-corrected chi connectivity index (χ1v) is 7.27. The number of aryl methyl sites for hydroxylation is 1. The monoisotopic (exact) mass is 286 g/mol. The summed E-state index contributed by atoms with van der Waals surface area (Å²) in [6, 6.07) is 1.74. The molecule has 1 fully saturated rings. The number of aromatic nitrogens is 2. The number of carbonyl (C=O) groups excluding carboxylic acids is 1. The third kappa shape index (κ3) is 3.68. The maximum absolute atomic E-state index is 12.6. The van der Waals surface area contributed by atoms with E-state index in [2.05, 4.69) is 28.0 Å². The van der Waals surface area contributed by atoms with Crippen molar-refractivity contribution in [2.75, 3.05) is 31.1 Å². The van der Waals surface area contributed by atoms with Crippen LogP contribution in [0.1, 0.15) is 29.0 Å². The summed E-state index contributed by atoms with van der Waals surface area (Å²) in [4.78, 5) is 25.3. The number of rotatable bonds is 6. The van der Waals surface area contributed by atoms with Gasteiger partial charge in [-0.25, -0.2) is 9.97 Å². The summed E-state index contributed by atoms with van der Waals surface area (Å²) in [6.07, 6.45) is 5.72. The Morgan fingerprint density at radius 2 is 1.90 bits per heavy atom. The van der Waals surface area contributed by atoms with E-state index in [4.69, 9.17) is 0 Å². The van der Waals surface area contributed by atoms with Gasteiger partial charge in [-0.15, -0.1) is 13.2 Å². The highest BCUT2D eigenvalue weighted by molar-refractivity contribution is 5.93. The van der Waals surface area contributed by atoms with Gasteiger partial charge >= 0.3 is 0 Å². The Kier molecular flexibility index (Phi) is 5.09. The first-order valence-electron chi connectivity index (χ1n) is 7.27. The zero-order chi connectivity index (χ0) is 15.2. The molecule has 0 spiro atoms. The molecule has 1 amide bonds. The third-order valence-corrected chi connectivity index (χ3v) is 3.44. The SMILES string of the molecule is C=CCN(CC=C)C(=O)c1cc(C)nc(N2CCCC2)n1. The smallest absolute Gasteiger partial charge is 0.273 e. The van der Waals surface area contributed by atoms with Crippen LogP contribution >= 0.6 is 0 Å². The lowest BCUT2D eigenvalue weighted by Crippen LogP contribution is -2.32. The van der Waals surface area contributed by atoms with E-state index in [9.17, 15) is 4.79 Å². The largest absolute Gasteiger partial charge is 0.341 e. The molecule has 112 valence electrons. The third-order valence-electron chi connectivity index (χ3n) is 3.44. The highest BCUT2D eigenvalue weighted by atomic mass is 16.2. The van der Waals surface area contributed by atoms with Crippen molar-refractivity contribution >= 4 is 11.9 Å². The lowest BCUT2D eigenvalue weighted by molar-refractivity contribution is 0.0785. The highest BCUT2D eigenvalue weighted by Gasteiger charge is 2.20. The molecular weight excluding hydrogens is 264 g/mol. The van der Waals surface area contributed by atoms with Gasteiger partial charge in [0.1, 0.15) is 5.69 Å². The van der Waals surface area contributed by atoms with E-state index in [-0.39, 0.29) is 5.91 Å². The van der Waals surface area contributed by atoms with E-state index in [0.29, 0.717) is 24.7 Å². The molecule has 5 heteroatoms. The number of amides is 1. The van der Waals surface area contributed by atoms with Gasteiger partial charge < -0.3 is 9.80 Å². The van der Waals surface area contributed by atoms with Crippen molar-refractivity contribution in [2.45, 2.75) is 19.8 Å². The minimum Gasteiger partial charge on any atom is -0.341 e. The van der Waals surface area contributed by atoms with Crippen molar-refractivity contribution in [2.24, 2.45) is 0 Å². The summed E-state index contributed by atoms with van der Waals surface area (Å²) in [6.45, 7) is 12.1. The van der Waals surface area contributed by atoms with Crippen molar-refractivity contribution in [3.8, 4) is 0 Å². The van der Waals surface area contributed by atoms with E-state index >= 15 is 0 Å². The Morgan fingerprint density at radius 3 is 2.48 bits per heavy atom. The fourth-order valence-corrected chi connectivity index (χ4v) is 2.44. The Morgan fingerprint density at radius 1 is 1.29 bits per heavy atom. The molecule has 0 saturated carbocycles. The Labute approximate surface area is 126 Å². The zero-order valence-electron chi connectivity index (χ0n) is 12.6. The van der Waals surface area contributed by atoms with Crippen LogP contribution in [-0.4, -0.2) is 47.0 Å². The predicted octanol–water partition coefficient (Wildman–Crippen LogP) is 2.20. The molecule has 0 atom stereocenters. The Bertz CT molecular complexity index is 525. The molecule has 1 saturated heterocycles. The van der Waals surface area contributed by atoms with Crippen LogP contribution in [0.25, 0.3) is 0 Å². The molecule has 1 aliphatic heterocycles. The first kappa shape index (κ1) is 15.2. The van der Waals surface area contributed by atoms with Crippen molar-refractivity contribution in [1.82, 2.24) is 14.9 Å². The highest BCUT2D eigenvalue weighted by Crippen LogP contribution is 2.17. The summed E-state index contributed by atoms with van der Waals surface area (Å²) in [5.74, 6) is 0.550. The predicted molar refractivity (Wildman–Crippen MR) is 84.5 cm³/mol. The Balaban J connectivity index is 2.26. The second-order valence-corrected chi connectivity index (χ2v) is 5.18. The summed E-state index contributed by atoms with van der Waals surface area (Å²) >= 11 is 0. The van der Waals surface area contributed by atoms with Gasteiger partial charge in [-0.1, -0.05) is 12.2 Å². The van der Waals surface area contributed by atoms with Gasteiger partial charge in [-0.05, 0) is 25.8 Å². The van der Waals surface area contributed by atoms with E-state index in [1.165, 1.54) is 0 Å². The van der Waals surface area contributed by atoms with Crippen LogP contribution in [0.15, 0.2) is 31.4 Å². The van der Waals surface area contributed by atoms with Crippen molar-refractivity contribution in [3.63, 3.8) is 0 Å². The zero-order valence-corrected chi connectivity index (χ0v) is 12.6. The molecule has 5 nitrogen and oxygen atoms in total. The minimum absolute atomic E-state index is 0.110. The Hall–Kier alpha value is -2.17. The lowest BCUT2D eigenvalue weighted by atomic mass is 10.3. The second-order valence-electron chi connectivity index (χ2n) is 5.18. The quantitative estimate of drug-likeness (QED) is 0.752. The molecule has 1 aromatic rings. The van der Waals surface area contributed by atoms with Crippen LogP contribution in [0.4, 0.5) is 5.95 Å². The average molecular weight is 286 g/mol. The number of anilines is 1. The summed E-state index contributed by atoms with van der Waals surface area (Å²) in [5, 5.41) is 0. The van der Waals surface area contributed by atoms with Crippen LogP contribution < -0.4 is 4.90 Å². The molecular formula is C16H22N4O.